The number of methoxy groups -OCH3 is 1. The van der Waals surface area contributed by atoms with E-state index < -0.39 is 0 Å². The predicted molar refractivity (Wildman–Crippen MR) is 109 cm³/mol. The molecule has 0 bridgehead atoms. The lowest BCUT2D eigenvalue weighted by molar-refractivity contribution is 0.0303. The van der Waals surface area contributed by atoms with Crippen LogP contribution in [0.25, 0.3) is 5.69 Å². The molecule has 150 valence electrons. The zero-order valence-electron chi connectivity index (χ0n) is 16.0. The number of hydrogen-bond acceptors (Lipinski definition) is 7. The molecule has 1 aromatic heterocycles. The Balaban J connectivity index is 1.52. The first-order valence-corrected chi connectivity index (χ1v) is 9.26. The van der Waals surface area contributed by atoms with Gasteiger partial charge in [0.25, 0.3) is 5.91 Å². The van der Waals surface area contributed by atoms with Gasteiger partial charge >= 0.3 is 0 Å². The van der Waals surface area contributed by atoms with Crippen molar-refractivity contribution in [1.29, 1.82) is 0 Å². The molecule has 0 aliphatic carbocycles. The fourth-order valence-electron chi connectivity index (χ4n) is 3.13. The van der Waals surface area contributed by atoms with Crippen LogP contribution in [0.2, 0.25) is 0 Å². The molecule has 2 heterocycles. The molecule has 0 radical (unpaired) electrons. The van der Waals surface area contributed by atoms with Gasteiger partial charge < -0.3 is 25.4 Å². The molecule has 9 heteroatoms. The van der Waals surface area contributed by atoms with Crippen LogP contribution in [-0.2, 0) is 4.74 Å². The summed E-state index contributed by atoms with van der Waals surface area (Å²) in [7, 11) is 1.60. The molecule has 2 aromatic carbocycles. The molecule has 3 aromatic rings. The summed E-state index contributed by atoms with van der Waals surface area (Å²) in [4.78, 5) is 18.6. The molecule has 1 amide bonds. The number of benzene rings is 2. The predicted octanol–water partition coefficient (Wildman–Crippen LogP) is 2.07. The van der Waals surface area contributed by atoms with Gasteiger partial charge in [-0.3, -0.25) is 4.79 Å². The van der Waals surface area contributed by atoms with Crippen LogP contribution in [-0.4, -0.2) is 59.0 Å². The quantitative estimate of drug-likeness (QED) is 0.682. The lowest BCUT2D eigenvalue weighted by Gasteiger charge is -2.26. The Morgan fingerprint density at radius 1 is 1.14 bits per heavy atom. The smallest absolute Gasteiger partial charge is 0.254 e. The number of carbonyl (C=O) groups is 1. The Hall–Kier alpha value is -3.59. The first-order chi connectivity index (χ1) is 14.2. The molecule has 0 saturated carbocycles. The minimum Gasteiger partial charge on any atom is -0.495 e. The second-order valence-corrected chi connectivity index (χ2v) is 6.48. The third-order valence-corrected chi connectivity index (χ3v) is 4.64. The normalized spacial score (nSPS) is 13.9. The highest BCUT2D eigenvalue weighted by atomic mass is 16.5. The van der Waals surface area contributed by atoms with Crippen LogP contribution in [0.5, 0.6) is 5.75 Å². The third kappa shape index (κ3) is 3.99. The number of morpholine rings is 1. The second-order valence-electron chi connectivity index (χ2n) is 6.48. The van der Waals surface area contributed by atoms with Crippen molar-refractivity contribution in [3.8, 4) is 11.4 Å². The zero-order chi connectivity index (χ0) is 20.2. The maximum absolute atomic E-state index is 12.6. The van der Waals surface area contributed by atoms with Crippen LogP contribution >= 0.6 is 0 Å². The first-order valence-electron chi connectivity index (χ1n) is 9.26. The molecule has 0 spiro atoms. The van der Waals surface area contributed by atoms with Crippen molar-refractivity contribution in [2.45, 2.75) is 0 Å². The number of nitrogens with zero attached hydrogens (tertiary/aromatic N) is 4. The molecule has 9 nitrogen and oxygen atoms in total. The number of nitrogens with one attached hydrogen (secondary N) is 1. The molecule has 4 rings (SSSR count). The van der Waals surface area contributed by atoms with E-state index in [0.29, 0.717) is 49.3 Å². The van der Waals surface area contributed by atoms with Gasteiger partial charge in [0.1, 0.15) is 5.75 Å². The summed E-state index contributed by atoms with van der Waals surface area (Å²) in [6.45, 7) is 2.35. The number of para-hydroxylation sites is 2. The maximum atomic E-state index is 12.6. The van der Waals surface area contributed by atoms with Gasteiger partial charge in [-0.2, -0.15) is 9.67 Å². The first kappa shape index (κ1) is 18.8. The van der Waals surface area contributed by atoms with Crippen molar-refractivity contribution >= 4 is 23.5 Å². The standard InChI is InChI=1S/C20H22N6O3/c1-28-17-5-3-2-4-16(17)22-20-23-19(21)26(24-20)15-8-6-14(7-9-15)18(27)25-10-12-29-13-11-25/h2-9H,10-13H2,1H3,(H3,21,22,23,24). The van der Waals surface area contributed by atoms with E-state index in [1.165, 1.54) is 4.68 Å². The Kier molecular flexibility index (Phi) is 5.30. The van der Waals surface area contributed by atoms with Crippen molar-refractivity contribution in [2.75, 3.05) is 44.5 Å². The van der Waals surface area contributed by atoms with Crippen LogP contribution in [0, 0.1) is 0 Å². The van der Waals surface area contributed by atoms with Gasteiger partial charge in [-0.05, 0) is 36.4 Å². The summed E-state index contributed by atoms with van der Waals surface area (Å²) in [6, 6.07) is 14.6. The van der Waals surface area contributed by atoms with E-state index in [2.05, 4.69) is 15.4 Å². The molecule has 3 N–H and O–H groups in total. The summed E-state index contributed by atoms with van der Waals surface area (Å²) >= 11 is 0. The van der Waals surface area contributed by atoms with Gasteiger partial charge in [0, 0.05) is 18.7 Å². The van der Waals surface area contributed by atoms with Crippen LogP contribution in [0.3, 0.4) is 0 Å². The van der Waals surface area contributed by atoms with Crippen LogP contribution < -0.4 is 15.8 Å². The third-order valence-electron chi connectivity index (χ3n) is 4.64. The number of amides is 1. The molecule has 1 fully saturated rings. The number of rotatable bonds is 5. The van der Waals surface area contributed by atoms with Crippen molar-refractivity contribution in [3.05, 3.63) is 54.1 Å². The molecule has 1 aliphatic rings. The monoisotopic (exact) mass is 394 g/mol. The van der Waals surface area contributed by atoms with Gasteiger partial charge in [-0.15, -0.1) is 5.10 Å². The van der Waals surface area contributed by atoms with Gasteiger partial charge in [0.2, 0.25) is 11.9 Å². The molecular weight excluding hydrogens is 372 g/mol. The molecule has 0 unspecified atom stereocenters. The van der Waals surface area contributed by atoms with Crippen molar-refractivity contribution in [2.24, 2.45) is 0 Å². The molecular formula is C20H22N6O3. The number of nitrogen functional groups attached to an aromatic ring is 1. The summed E-state index contributed by atoms with van der Waals surface area (Å²) in [5.41, 5.74) is 8.10. The Labute approximate surface area is 168 Å². The van der Waals surface area contributed by atoms with E-state index in [4.69, 9.17) is 15.2 Å². The highest BCUT2D eigenvalue weighted by Crippen LogP contribution is 2.26. The van der Waals surface area contributed by atoms with Crippen LogP contribution in [0.4, 0.5) is 17.6 Å². The van der Waals surface area contributed by atoms with E-state index in [-0.39, 0.29) is 11.9 Å². The number of anilines is 3. The van der Waals surface area contributed by atoms with E-state index in [9.17, 15) is 4.79 Å². The van der Waals surface area contributed by atoms with Crippen molar-refractivity contribution < 1.29 is 14.3 Å². The maximum Gasteiger partial charge on any atom is 0.254 e. The molecule has 0 atom stereocenters. The summed E-state index contributed by atoms with van der Waals surface area (Å²) in [6.07, 6.45) is 0. The van der Waals surface area contributed by atoms with E-state index in [1.54, 1.807) is 36.3 Å². The molecule has 29 heavy (non-hydrogen) atoms. The Morgan fingerprint density at radius 2 is 1.86 bits per heavy atom. The summed E-state index contributed by atoms with van der Waals surface area (Å²) < 4.78 is 12.1. The summed E-state index contributed by atoms with van der Waals surface area (Å²) in [5, 5.41) is 7.52. The molecule has 1 saturated heterocycles. The van der Waals surface area contributed by atoms with Gasteiger partial charge in [-0.25, -0.2) is 0 Å². The number of aromatic nitrogens is 3. The highest BCUT2D eigenvalue weighted by Gasteiger charge is 2.19. The average Bonchev–Trinajstić information content (AvgIpc) is 3.14. The van der Waals surface area contributed by atoms with E-state index >= 15 is 0 Å². The largest absolute Gasteiger partial charge is 0.495 e. The van der Waals surface area contributed by atoms with Crippen molar-refractivity contribution in [1.82, 2.24) is 19.7 Å². The fraction of sp³-hybridized carbons (Fsp3) is 0.250. The minimum absolute atomic E-state index is 0.00931. The summed E-state index contributed by atoms with van der Waals surface area (Å²) in [5.74, 6) is 1.24. The van der Waals surface area contributed by atoms with E-state index in [1.807, 2.05) is 24.3 Å². The van der Waals surface area contributed by atoms with Gasteiger partial charge in [-0.1, -0.05) is 12.1 Å². The number of ether oxygens (including phenoxy) is 2. The lowest BCUT2D eigenvalue weighted by Crippen LogP contribution is -2.40. The Morgan fingerprint density at radius 3 is 2.59 bits per heavy atom. The van der Waals surface area contributed by atoms with Crippen LogP contribution in [0.1, 0.15) is 10.4 Å². The number of carbonyl (C=O) groups excluding carboxylic acids is 1. The highest BCUT2D eigenvalue weighted by molar-refractivity contribution is 5.94. The SMILES string of the molecule is COc1ccccc1Nc1nc(N)n(-c2ccc(C(=O)N3CCOCC3)cc2)n1. The van der Waals surface area contributed by atoms with Gasteiger partial charge in [0.05, 0.1) is 31.7 Å². The zero-order valence-corrected chi connectivity index (χ0v) is 16.0. The molecule has 1 aliphatic heterocycles. The number of nitrogens with two attached hydrogens (primary N) is 1. The Bertz CT molecular complexity index is 996. The lowest BCUT2D eigenvalue weighted by atomic mass is 10.1. The second kappa shape index (κ2) is 8.19. The average molecular weight is 394 g/mol. The van der Waals surface area contributed by atoms with Crippen LogP contribution in [0.15, 0.2) is 48.5 Å². The van der Waals surface area contributed by atoms with Crippen molar-refractivity contribution in [3.63, 3.8) is 0 Å². The van der Waals surface area contributed by atoms with E-state index in [0.717, 1.165) is 5.69 Å². The minimum atomic E-state index is -0.00931. The fourth-order valence-corrected chi connectivity index (χ4v) is 3.13. The van der Waals surface area contributed by atoms with Gasteiger partial charge in [0.15, 0.2) is 0 Å². The number of hydrogen-bond donors (Lipinski definition) is 2. The topological polar surface area (TPSA) is 108 Å².